The van der Waals surface area contributed by atoms with E-state index in [2.05, 4.69) is 25.0 Å². The monoisotopic (exact) mass is 406 g/mol. The molecular weight excluding hydrogens is 388 g/mol. The zero-order chi connectivity index (χ0) is 21.5. The van der Waals surface area contributed by atoms with Crippen LogP contribution in [0.4, 0.5) is 5.69 Å². The lowest BCUT2D eigenvalue weighted by Crippen LogP contribution is -2.12. The van der Waals surface area contributed by atoms with E-state index in [1.807, 2.05) is 30.3 Å². The molecule has 3 aromatic rings. The quantitative estimate of drug-likeness (QED) is 0.494. The highest BCUT2D eigenvalue weighted by Crippen LogP contribution is 2.17. The van der Waals surface area contributed by atoms with Crippen molar-refractivity contribution < 1.29 is 23.9 Å². The molecular formula is C21H18N4O5. The normalized spacial score (nSPS) is 10.6. The number of amides is 1. The molecule has 0 aliphatic carbocycles. The molecule has 0 aliphatic heterocycles. The summed E-state index contributed by atoms with van der Waals surface area (Å²) < 4.78 is 9.35. The van der Waals surface area contributed by atoms with Crippen LogP contribution in [-0.2, 0) is 14.3 Å². The molecule has 0 spiro atoms. The Morgan fingerprint density at radius 1 is 0.967 bits per heavy atom. The van der Waals surface area contributed by atoms with Crippen molar-refractivity contribution >= 4 is 29.6 Å². The van der Waals surface area contributed by atoms with Crippen LogP contribution in [0.5, 0.6) is 0 Å². The van der Waals surface area contributed by atoms with Gasteiger partial charge in [-0.3, -0.25) is 4.79 Å². The van der Waals surface area contributed by atoms with Gasteiger partial charge in [0, 0.05) is 11.8 Å². The first-order valence-electron chi connectivity index (χ1n) is 8.78. The number of nitrogens with one attached hydrogen (secondary N) is 1. The Morgan fingerprint density at radius 2 is 1.60 bits per heavy atom. The van der Waals surface area contributed by atoms with Gasteiger partial charge in [0.2, 0.25) is 5.91 Å². The summed E-state index contributed by atoms with van der Waals surface area (Å²) in [5, 5.41) is 11.0. The molecule has 3 rings (SSSR count). The zero-order valence-electron chi connectivity index (χ0n) is 16.2. The van der Waals surface area contributed by atoms with Gasteiger partial charge in [-0.15, -0.1) is 5.10 Å². The Labute approximate surface area is 171 Å². The predicted octanol–water partition coefficient (Wildman–Crippen LogP) is 2.49. The SMILES string of the molecule is COC(=O)c1cc(NC(=O)/C=C/c2cnn(-c3ccccc3)n2)cc(C(=O)OC)c1. The number of hydrogen-bond acceptors (Lipinski definition) is 7. The van der Waals surface area contributed by atoms with Crippen LogP contribution in [0.1, 0.15) is 26.4 Å². The van der Waals surface area contributed by atoms with E-state index in [0.29, 0.717) is 5.69 Å². The van der Waals surface area contributed by atoms with E-state index < -0.39 is 17.8 Å². The number of nitrogens with zero attached hydrogens (tertiary/aromatic N) is 3. The molecule has 0 bridgehead atoms. The summed E-state index contributed by atoms with van der Waals surface area (Å²) in [6.45, 7) is 0. The van der Waals surface area contributed by atoms with Gasteiger partial charge in [-0.25, -0.2) is 9.59 Å². The molecule has 0 unspecified atom stereocenters. The average Bonchev–Trinajstić information content (AvgIpc) is 3.26. The fourth-order valence-corrected chi connectivity index (χ4v) is 2.55. The number of anilines is 1. The Balaban J connectivity index is 1.75. The number of ether oxygens (including phenoxy) is 2. The number of benzene rings is 2. The zero-order valence-corrected chi connectivity index (χ0v) is 16.2. The lowest BCUT2D eigenvalue weighted by Gasteiger charge is -2.08. The second kappa shape index (κ2) is 9.28. The van der Waals surface area contributed by atoms with E-state index in [9.17, 15) is 14.4 Å². The summed E-state index contributed by atoms with van der Waals surface area (Å²) in [5.41, 5.74) is 1.71. The molecule has 0 saturated carbocycles. The first-order chi connectivity index (χ1) is 14.5. The predicted molar refractivity (Wildman–Crippen MR) is 108 cm³/mol. The van der Waals surface area contributed by atoms with Gasteiger partial charge in [0.15, 0.2) is 0 Å². The Hall–Kier alpha value is -4.27. The van der Waals surface area contributed by atoms with Crippen molar-refractivity contribution in [3.8, 4) is 5.69 Å². The summed E-state index contributed by atoms with van der Waals surface area (Å²) in [6.07, 6.45) is 4.28. The van der Waals surface area contributed by atoms with Gasteiger partial charge in [-0.2, -0.15) is 9.90 Å². The van der Waals surface area contributed by atoms with Crippen LogP contribution < -0.4 is 5.32 Å². The topological polar surface area (TPSA) is 112 Å². The van der Waals surface area contributed by atoms with Gasteiger partial charge >= 0.3 is 11.9 Å². The molecule has 0 saturated heterocycles. The molecule has 152 valence electrons. The van der Waals surface area contributed by atoms with Gasteiger partial charge in [0.05, 0.1) is 37.2 Å². The third-order valence-corrected chi connectivity index (χ3v) is 3.94. The van der Waals surface area contributed by atoms with E-state index in [1.165, 1.54) is 55.6 Å². The van der Waals surface area contributed by atoms with Gasteiger partial charge in [0.1, 0.15) is 5.69 Å². The minimum Gasteiger partial charge on any atom is -0.465 e. The third-order valence-electron chi connectivity index (χ3n) is 3.94. The molecule has 0 atom stereocenters. The van der Waals surface area contributed by atoms with Crippen molar-refractivity contribution in [2.24, 2.45) is 0 Å². The second-order valence-electron chi connectivity index (χ2n) is 6.00. The van der Waals surface area contributed by atoms with Crippen molar-refractivity contribution in [2.45, 2.75) is 0 Å². The highest BCUT2D eigenvalue weighted by atomic mass is 16.5. The minimum absolute atomic E-state index is 0.102. The van der Waals surface area contributed by atoms with Crippen molar-refractivity contribution in [1.82, 2.24) is 15.0 Å². The van der Waals surface area contributed by atoms with E-state index in [0.717, 1.165) is 5.69 Å². The number of hydrogen-bond donors (Lipinski definition) is 1. The van der Waals surface area contributed by atoms with E-state index in [-0.39, 0.29) is 16.8 Å². The summed E-state index contributed by atoms with van der Waals surface area (Å²) in [4.78, 5) is 37.4. The fourth-order valence-electron chi connectivity index (χ4n) is 2.55. The molecule has 1 aromatic heterocycles. The third kappa shape index (κ3) is 4.96. The van der Waals surface area contributed by atoms with Crippen LogP contribution >= 0.6 is 0 Å². The van der Waals surface area contributed by atoms with Gasteiger partial charge < -0.3 is 14.8 Å². The summed E-state index contributed by atoms with van der Waals surface area (Å²) in [5.74, 6) is -1.78. The van der Waals surface area contributed by atoms with Crippen molar-refractivity contribution in [2.75, 3.05) is 19.5 Å². The fraction of sp³-hybridized carbons (Fsp3) is 0.0952. The van der Waals surface area contributed by atoms with Crippen LogP contribution in [0, 0.1) is 0 Å². The Morgan fingerprint density at radius 3 is 2.20 bits per heavy atom. The standard InChI is InChI=1S/C21H18N4O5/c1-29-20(27)14-10-15(21(28)30-2)12-17(11-14)23-19(26)9-8-16-13-22-25(24-16)18-6-4-3-5-7-18/h3-13H,1-2H3,(H,23,26)/b9-8+. The first-order valence-corrected chi connectivity index (χ1v) is 8.78. The van der Waals surface area contributed by atoms with E-state index in [1.54, 1.807) is 0 Å². The molecule has 9 nitrogen and oxygen atoms in total. The molecule has 2 aromatic carbocycles. The highest BCUT2D eigenvalue weighted by molar-refractivity contribution is 6.04. The van der Waals surface area contributed by atoms with Gasteiger partial charge in [-0.1, -0.05) is 18.2 Å². The number of carbonyl (C=O) groups is 3. The van der Waals surface area contributed by atoms with E-state index >= 15 is 0 Å². The Kier molecular flexibility index (Phi) is 6.33. The maximum Gasteiger partial charge on any atom is 0.337 e. The molecule has 30 heavy (non-hydrogen) atoms. The van der Waals surface area contributed by atoms with Crippen LogP contribution in [0.15, 0.2) is 60.8 Å². The highest BCUT2D eigenvalue weighted by Gasteiger charge is 2.14. The van der Waals surface area contributed by atoms with Gasteiger partial charge in [-0.05, 0) is 36.4 Å². The average molecular weight is 406 g/mol. The number of para-hydroxylation sites is 1. The van der Waals surface area contributed by atoms with E-state index in [4.69, 9.17) is 0 Å². The maximum absolute atomic E-state index is 12.3. The molecule has 0 aliphatic rings. The van der Waals surface area contributed by atoms with Crippen LogP contribution in [0.3, 0.4) is 0 Å². The summed E-state index contributed by atoms with van der Waals surface area (Å²) in [7, 11) is 2.44. The van der Waals surface area contributed by atoms with Crippen LogP contribution in [0.25, 0.3) is 11.8 Å². The molecule has 0 radical (unpaired) electrons. The maximum atomic E-state index is 12.3. The second-order valence-corrected chi connectivity index (χ2v) is 6.00. The van der Waals surface area contributed by atoms with Gasteiger partial charge in [0.25, 0.3) is 0 Å². The van der Waals surface area contributed by atoms with Crippen molar-refractivity contribution in [3.05, 3.63) is 77.6 Å². The van der Waals surface area contributed by atoms with Crippen LogP contribution in [-0.4, -0.2) is 47.1 Å². The molecule has 1 amide bonds. The number of esters is 2. The lowest BCUT2D eigenvalue weighted by molar-refractivity contribution is -0.111. The largest absolute Gasteiger partial charge is 0.465 e. The first kappa shape index (κ1) is 20.5. The summed E-state index contributed by atoms with van der Waals surface area (Å²) >= 11 is 0. The van der Waals surface area contributed by atoms with Crippen molar-refractivity contribution in [3.63, 3.8) is 0 Å². The number of carbonyl (C=O) groups excluding carboxylic acids is 3. The molecule has 1 N–H and O–H groups in total. The number of rotatable bonds is 6. The molecule has 9 heteroatoms. The van der Waals surface area contributed by atoms with Crippen LogP contribution in [0.2, 0.25) is 0 Å². The number of aromatic nitrogens is 3. The van der Waals surface area contributed by atoms with Crippen molar-refractivity contribution in [1.29, 1.82) is 0 Å². The number of methoxy groups -OCH3 is 2. The molecule has 0 fully saturated rings. The smallest absolute Gasteiger partial charge is 0.337 e. The molecule has 1 heterocycles. The summed E-state index contributed by atoms with van der Waals surface area (Å²) in [6, 6.07) is 13.5. The minimum atomic E-state index is -0.649. The lowest BCUT2D eigenvalue weighted by atomic mass is 10.1. The Bertz CT molecular complexity index is 1070.